The Morgan fingerprint density at radius 2 is 1.77 bits per heavy atom. The van der Waals surface area contributed by atoms with E-state index in [1.54, 1.807) is 7.05 Å². The Balaban J connectivity index is 2.51. The first-order valence-electron chi connectivity index (χ1n) is 7.48. The monoisotopic (exact) mass is 306 g/mol. The average molecular weight is 306 g/mol. The number of nitrogens with one attached hydrogen (secondary N) is 1. The number of benzene rings is 1. The van der Waals surface area contributed by atoms with E-state index in [4.69, 9.17) is 4.74 Å². The van der Waals surface area contributed by atoms with E-state index in [1.165, 1.54) is 4.90 Å². The van der Waals surface area contributed by atoms with Gasteiger partial charge in [0.25, 0.3) is 0 Å². The summed E-state index contributed by atoms with van der Waals surface area (Å²) in [6.45, 7) is 8.33. The number of hydrogen-bond donors (Lipinski definition) is 1. The van der Waals surface area contributed by atoms with Crippen LogP contribution in [0.1, 0.15) is 33.3 Å². The second-order valence-corrected chi connectivity index (χ2v) is 6.30. The van der Waals surface area contributed by atoms with Gasteiger partial charge in [-0.1, -0.05) is 12.1 Å². The van der Waals surface area contributed by atoms with E-state index in [0.29, 0.717) is 6.61 Å². The van der Waals surface area contributed by atoms with Crippen molar-refractivity contribution in [2.45, 2.75) is 39.7 Å². The van der Waals surface area contributed by atoms with Crippen molar-refractivity contribution < 1.29 is 14.3 Å². The first-order valence-corrected chi connectivity index (χ1v) is 7.48. The molecule has 1 aromatic rings. The van der Waals surface area contributed by atoms with Crippen LogP contribution in [0.2, 0.25) is 0 Å². The molecule has 5 heteroatoms. The molecule has 2 amide bonds. The summed E-state index contributed by atoms with van der Waals surface area (Å²) in [5.41, 5.74) is 0.604. The van der Waals surface area contributed by atoms with E-state index in [-0.39, 0.29) is 30.3 Å². The average Bonchev–Trinajstić information content (AvgIpc) is 2.39. The molecule has 122 valence electrons. The molecule has 0 radical (unpaired) electrons. The Hall–Kier alpha value is -2.04. The summed E-state index contributed by atoms with van der Waals surface area (Å²) in [4.78, 5) is 25.4. The third-order valence-corrected chi connectivity index (χ3v) is 2.91. The van der Waals surface area contributed by atoms with E-state index in [9.17, 15) is 9.59 Å². The molecule has 0 aliphatic carbocycles. The largest absolute Gasteiger partial charge is 0.494 e. The molecule has 0 aliphatic heterocycles. The van der Waals surface area contributed by atoms with E-state index < -0.39 is 0 Å². The Morgan fingerprint density at radius 3 is 2.27 bits per heavy atom. The maximum atomic E-state index is 12.1. The van der Waals surface area contributed by atoms with Crippen LogP contribution in [0.25, 0.3) is 0 Å². The van der Waals surface area contributed by atoms with Crippen LogP contribution < -0.4 is 10.1 Å². The highest BCUT2D eigenvalue weighted by Crippen LogP contribution is 2.13. The van der Waals surface area contributed by atoms with Gasteiger partial charge >= 0.3 is 0 Å². The highest BCUT2D eigenvalue weighted by Gasteiger charge is 2.17. The van der Waals surface area contributed by atoms with Crippen LogP contribution in [0, 0.1) is 0 Å². The zero-order valence-electron chi connectivity index (χ0n) is 14.1. The highest BCUT2D eigenvalue weighted by molar-refractivity contribution is 5.85. The van der Waals surface area contributed by atoms with Crippen molar-refractivity contribution in [3.8, 4) is 5.75 Å². The van der Waals surface area contributed by atoms with E-state index in [1.807, 2.05) is 52.0 Å². The van der Waals surface area contributed by atoms with Gasteiger partial charge in [-0.3, -0.25) is 9.59 Å². The molecule has 0 atom stereocenters. The quantitative estimate of drug-likeness (QED) is 0.874. The molecule has 0 bridgehead atoms. The second kappa shape index (κ2) is 7.82. The molecule has 0 unspecified atom stereocenters. The summed E-state index contributed by atoms with van der Waals surface area (Å²) in [6.07, 6.45) is 0.270. The van der Waals surface area contributed by atoms with Gasteiger partial charge in [-0.2, -0.15) is 0 Å². The summed E-state index contributed by atoms with van der Waals surface area (Å²) in [5.74, 6) is 0.542. The van der Waals surface area contributed by atoms with Gasteiger partial charge in [0, 0.05) is 12.6 Å². The zero-order chi connectivity index (χ0) is 16.8. The molecule has 5 nitrogen and oxygen atoms in total. The molecule has 0 saturated heterocycles. The maximum absolute atomic E-state index is 12.1. The van der Waals surface area contributed by atoms with Gasteiger partial charge in [0.05, 0.1) is 19.6 Å². The van der Waals surface area contributed by atoms with Gasteiger partial charge in [-0.25, -0.2) is 0 Å². The van der Waals surface area contributed by atoms with Crippen molar-refractivity contribution in [3.05, 3.63) is 29.8 Å². The lowest BCUT2D eigenvalue weighted by molar-refractivity contribution is -0.134. The molecule has 0 saturated carbocycles. The van der Waals surface area contributed by atoms with Crippen LogP contribution in [-0.2, 0) is 16.0 Å². The van der Waals surface area contributed by atoms with Gasteiger partial charge in [0.1, 0.15) is 5.75 Å². The third-order valence-electron chi connectivity index (χ3n) is 2.91. The zero-order valence-corrected chi connectivity index (χ0v) is 14.1. The molecule has 0 spiro atoms. The maximum Gasteiger partial charge on any atom is 0.240 e. The minimum absolute atomic E-state index is 0.0626. The molecule has 1 N–H and O–H groups in total. The summed E-state index contributed by atoms with van der Waals surface area (Å²) in [6, 6.07) is 7.43. The fourth-order valence-corrected chi connectivity index (χ4v) is 1.94. The number of rotatable bonds is 6. The molecular formula is C17H26N2O3. The fourth-order valence-electron chi connectivity index (χ4n) is 1.94. The molecule has 0 aliphatic rings. The number of carbonyl (C=O) groups excluding carboxylic acids is 2. The standard InChI is InChI=1S/C17H26N2O3/c1-6-22-14-9-7-13(8-10-14)11-16(21)19(5)12-15(20)18-17(2,3)4/h7-10H,6,11-12H2,1-5H3,(H,18,20). The first kappa shape index (κ1) is 18.0. The lowest BCUT2D eigenvalue weighted by atomic mass is 10.1. The Morgan fingerprint density at radius 1 is 1.18 bits per heavy atom. The normalized spacial score (nSPS) is 11.0. The minimum Gasteiger partial charge on any atom is -0.494 e. The summed E-state index contributed by atoms with van der Waals surface area (Å²) in [7, 11) is 1.64. The van der Waals surface area contributed by atoms with Crippen LogP contribution in [0.5, 0.6) is 5.75 Å². The van der Waals surface area contributed by atoms with Crippen molar-refractivity contribution in [2.24, 2.45) is 0 Å². The van der Waals surface area contributed by atoms with Gasteiger partial charge in [0.15, 0.2) is 0 Å². The molecule has 0 aromatic heterocycles. The number of hydrogen-bond acceptors (Lipinski definition) is 3. The predicted molar refractivity (Wildman–Crippen MR) is 86.8 cm³/mol. The fraction of sp³-hybridized carbons (Fsp3) is 0.529. The van der Waals surface area contributed by atoms with Crippen molar-refractivity contribution in [3.63, 3.8) is 0 Å². The summed E-state index contributed by atoms with van der Waals surface area (Å²) >= 11 is 0. The van der Waals surface area contributed by atoms with Gasteiger partial charge in [0.2, 0.25) is 11.8 Å². The Bertz CT molecular complexity index is 504. The predicted octanol–water partition coefficient (Wildman–Crippen LogP) is 2.00. The van der Waals surface area contributed by atoms with E-state index in [2.05, 4.69) is 5.32 Å². The van der Waals surface area contributed by atoms with Crippen molar-refractivity contribution >= 4 is 11.8 Å². The van der Waals surface area contributed by atoms with Crippen molar-refractivity contribution in [1.82, 2.24) is 10.2 Å². The number of amides is 2. The number of likely N-dealkylation sites (N-methyl/N-ethyl adjacent to an activating group) is 1. The molecule has 22 heavy (non-hydrogen) atoms. The molecule has 1 rings (SSSR count). The molecule has 0 heterocycles. The Labute approximate surface area is 132 Å². The first-order chi connectivity index (χ1) is 10.2. The number of ether oxygens (including phenoxy) is 1. The van der Waals surface area contributed by atoms with E-state index >= 15 is 0 Å². The van der Waals surface area contributed by atoms with Gasteiger partial charge in [-0.05, 0) is 45.4 Å². The molecule has 0 fully saturated rings. The van der Waals surface area contributed by atoms with E-state index in [0.717, 1.165) is 11.3 Å². The van der Waals surface area contributed by atoms with Gasteiger partial charge < -0.3 is 15.0 Å². The third kappa shape index (κ3) is 6.61. The summed E-state index contributed by atoms with van der Waals surface area (Å²) < 4.78 is 5.36. The molecule has 1 aromatic carbocycles. The smallest absolute Gasteiger partial charge is 0.240 e. The molecular weight excluding hydrogens is 280 g/mol. The minimum atomic E-state index is -0.296. The number of nitrogens with zero attached hydrogens (tertiary/aromatic N) is 1. The topological polar surface area (TPSA) is 58.6 Å². The lowest BCUT2D eigenvalue weighted by Gasteiger charge is -2.23. The van der Waals surface area contributed by atoms with Gasteiger partial charge in [-0.15, -0.1) is 0 Å². The van der Waals surface area contributed by atoms with Crippen LogP contribution in [0.4, 0.5) is 0 Å². The van der Waals surface area contributed by atoms with Crippen LogP contribution >= 0.6 is 0 Å². The number of carbonyl (C=O) groups is 2. The van der Waals surface area contributed by atoms with Crippen LogP contribution in [0.15, 0.2) is 24.3 Å². The summed E-state index contributed by atoms with van der Waals surface area (Å²) in [5, 5.41) is 2.84. The Kier molecular flexibility index (Phi) is 6.40. The van der Waals surface area contributed by atoms with Crippen LogP contribution in [-0.4, -0.2) is 42.5 Å². The van der Waals surface area contributed by atoms with Crippen molar-refractivity contribution in [1.29, 1.82) is 0 Å². The SMILES string of the molecule is CCOc1ccc(CC(=O)N(C)CC(=O)NC(C)(C)C)cc1. The van der Waals surface area contributed by atoms with Crippen molar-refractivity contribution in [2.75, 3.05) is 20.2 Å². The highest BCUT2D eigenvalue weighted by atomic mass is 16.5. The second-order valence-electron chi connectivity index (χ2n) is 6.30. The van der Waals surface area contributed by atoms with Crippen LogP contribution in [0.3, 0.4) is 0 Å². The lowest BCUT2D eigenvalue weighted by Crippen LogP contribution is -2.46.